The first-order valence-electron chi connectivity index (χ1n) is 5.89. The first kappa shape index (κ1) is 17.5. The Labute approximate surface area is 121 Å². The topological polar surface area (TPSA) is 113 Å². The fourth-order valence-electron chi connectivity index (χ4n) is 1.59. The van der Waals surface area contributed by atoms with Gasteiger partial charge in [-0.25, -0.2) is 22.3 Å². The number of hydrogen-bond acceptors (Lipinski definition) is 5. The Balaban J connectivity index is 3.10. The van der Waals surface area contributed by atoms with Gasteiger partial charge in [-0.05, 0) is 19.1 Å². The van der Waals surface area contributed by atoms with Crippen LogP contribution in [0.4, 0.5) is 4.39 Å². The van der Waals surface area contributed by atoms with E-state index >= 15 is 0 Å². The molecule has 0 aromatic heterocycles. The summed E-state index contributed by atoms with van der Waals surface area (Å²) in [5.41, 5.74) is -0.676. The standard InChI is InChI=1S/C12H16FNO6S/c1-7-10(13)3-8(12(16)17)4-11(7)21(18,19)14-5-9(15)6-20-2/h3-4,9,14-15H,5-6H2,1-2H3,(H,16,17). The van der Waals surface area contributed by atoms with Gasteiger partial charge in [-0.1, -0.05) is 0 Å². The Morgan fingerprint density at radius 3 is 2.62 bits per heavy atom. The molecule has 0 aliphatic rings. The first-order valence-corrected chi connectivity index (χ1v) is 7.37. The Kier molecular flexibility index (Phi) is 5.78. The van der Waals surface area contributed by atoms with Gasteiger partial charge < -0.3 is 14.9 Å². The van der Waals surface area contributed by atoms with E-state index in [0.717, 1.165) is 12.1 Å². The van der Waals surface area contributed by atoms with Crippen molar-refractivity contribution in [3.05, 3.63) is 29.1 Å². The van der Waals surface area contributed by atoms with Crippen LogP contribution in [0.3, 0.4) is 0 Å². The number of rotatable bonds is 7. The van der Waals surface area contributed by atoms with Gasteiger partial charge in [0.1, 0.15) is 5.82 Å². The average molecular weight is 321 g/mol. The van der Waals surface area contributed by atoms with Gasteiger partial charge in [0, 0.05) is 19.2 Å². The Morgan fingerprint density at radius 1 is 1.48 bits per heavy atom. The van der Waals surface area contributed by atoms with Crippen LogP contribution in [0.1, 0.15) is 15.9 Å². The van der Waals surface area contributed by atoms with Gasteiger partial charge in [0.05, 0.1) is 23.2 Å². The molecule has 3 N–H and O–H groups in total. The van der Waals surface area contributed by atoms with Gasteiger partial charge in [-0.2, -0.15) is 0 Å². The van der Waals surface area contributed by atoms with Gasteiger partial charge >= 0.3 is 5.97 Å². The molecule has 0 fully saturated rings. The number of aliphatic hydroxyl groups excluding tert-OH is 1. The molecule has 21 heavy (non-hydrogen) atoms. The van der Waals surface area contributed by atoms with E-state index in [-0.39, 0.29) is 18.7 Å². The number of ether oxygens (including phenoxy) is 1. The zero-order valence-electron chi connectivity index (χ0n) is 11.5. The van der Waals surface area contributed by atoms with E-state index in [1.165, 1.54) is 14.0 Å². The second-order valence-electron chi connectivity index (χ2n) is 4.35. The summed E-state index contributed by atoms with van der Waals surface area (Å²) in [7, 11) is -2.81. The van der Waals surface area contributed by atoms with Gasteiger partial charge in [0.2, 0.25) is 10.0 Å². The molecule has 0 aliphatic carbocycles. The van der Waals surface area contributed by atoms with Gasteiger partial charge in [0.15, 0.2) is 0 Å². The third-order valence-corrected chi connectivity index (χ3v) is 4.25. The molecule has 0 radical (unpaired) electrons. The zero-order chi connectivity index (χ0) is 16.2. The normalized spacial score (nSPS) is 13.1. The SMILES string of the molecule is COCC(O)CNS(=O)(=O)c1cc(C(=O)O)cc(F)c1C. The number of aliphatic hydroxyl groups is 1. The van der Waals surface area contributed by atoms with Crippen LogP contribution in [-0.4, -0.2) is 51.0 Å². The van der Waals surface area contributed by atoms with Gasteiger partial charge in [-0.3, -0.25) is 0 Å². The summed E-state index contributed by atoms with van der Waals surface area (Å²) in [5.74, 6) is -2.38. The third kappa shape index (κ3) is 4.46. The molecule has 0 saturated heterocycles. The highest BCUT2D eigenvalue weighted by Crippen LogP contribution is 2.20. The van der Waals surface area contributed by atoms with E-state index in [4.69, 9.17) is 5.11 Å². The molecule has 7 nitrogen and oxygen atoms in total. The van der Waals surface area contributed by atoms with Crippen molar-refractivity contribution < 1.29 is 32.6 Å². The number of hydrogen-bond donors (Lipinski definition) is 3. The molecule has 118 valence electrons. The Bertz CT molecular complexity index is 631. The number of halogens is 1. The van der Waals surface area contributed by atoms with Crippen LogP contribution in [0.2, 0.25) is 0 Å². The van der Waals surface area contributed by atoms with E-state index in [0.29, 0.717) is 0 Å². The molecule has 1 aromatic carbocycles. The van der Waals surface area contributed by atoms with E-state index in [2.05, 4.69) is 9.46 Å². The van der Waals surface area contributed by atoms with Crippen LogP contribution in [0, 0.1) is 12.7 Å². The summed E-state index contributed by atoms with van der Waals surface area (Å²) in [6.07, 6.45) is -1.07. The van der Waals surface area contributed by atoms with Crippen LogP contribution in [0.15, 0.2) is 17.0 Å². The molecule has 1 rings (SSSR count). The first-order chi connectivity index (χ1) is 9.69. The van der Waals surface area contributed by atoms with Crippen molar-refractivity contribution >= 4 is 16.0 Å². The highest BCUT2D eigenvalue weighted by molar-refractivity contribution is 7.89. The fraction of sp³-hybridized carbons (Fsp3) is 0.417. The van der Waals surface area contributed by atoms with Crippen molar-refractivity contribution in [3.8, 4) is 0 Å². The summed E-state index contributed by atoms with van der Waals surface area (Å²) in [6.45, 7) is 0.806. The number of carbonyl (C=O) groups is 1. The highest BCUT2D eigenvalue weighted by Gasteiger charge is 2.22. The molecule has 1 unspecified atom stereocenters. The minimum atomic E-state index is -4.15. The summed E-state index contributed by atoms with van der Waals surface area (Å²) in [4.78, 5) is 10.4. The second kappa shape index (κ2) is 6.94. The van der Waals surface area contributed by atoms with Crippen molar-refractivity contribution in [2.45, 2.75) is 17.9 Å². The lowest BCUT2D eigenvalue weighted by Crippen LogP contribution is -2.34. The lowest BCUT2D eigenvalue weighted by molar-refractivity contribution is 0.0678. The summed E-state index contributed by atoms with van der Waals surface area (Å²) < 4.78 is 44.5. The number of methoxy groups -OCH3 is 1. The Hall–Kier alpha value is -1.55. The maximum atomic E-state index is 13.6. The summed E-state index contributed by atoms with van der Waals surface area (Å²) in [5, 5.41) is 18.2. The molecular weight excluding hydrogens is 305 g/mol. The van der Waals surface area contributed by atoms with E-state index in [1.54, 1.807) is 0 Å². The highest BCUT2D eigenvalue weighted by atomic mass is 32.2. The average Bonchev–Trinajstić information content (AvgIpc) is 2.39. The monoisotopic (exact) mass is 321 g/mol. The van der Waals surface area contributed by atoms with Crippen LogP contribution >= 0.6 is 0 Å². The van der Waals surface area contributed by atoms with E-state index in [9.17, 15) is 22.7 Å². The molecule has 0 amide bonds. The minimum Gasteiger partial charge on any atom is -0.478 e. The van der Waals surface area contributed by atoms with Crippen molar-refractivity contribution in [1.29, 1.82) is 0 Å². The Morgan fingerprint density at radius 2 is 2.10 bits per heavy atom. The molecule has 0 saturated carbocycles. The largest absolute Gasteiger partial charge is 0.478 e. The van der Waals surface area contributed by atoms with E-state index < -0.39 is 38.4 Å². The number of carboxylic acids is 1. The molecule has 0 aliphatic heterocycles. The lowest BCUT2D eigenvalue weighted by Gasteiger charge is -2.13. The number of nitrogens with one attached hydrogen (secondary N) is 1. The quantitative estimate of drug-likeness (QED) is 0.657. The lowest BCUT2D eigenvalue weighted by atomic mass is 10.1. The molecule has 9 heteroatoms. The molecule has 0 bridgehead atoms. The fourth-order valence-corrected chi connectivity index (χ4v) is 2.94. The molecule has 0 spiro atoms. The molecule has 0 heterocycles. The third-order valence-electron chi connectivity index (χ3n) is 2.70. The van der Waals surface area contributed by atoms with Gasteiger partial charge in [-0.15, -0.1) is 0 Å². The predicted molar refractivity (Wildman–Crippen MR) is 71.2 cm³/mol. The summed E-state index contributed by atoms with van der Waals surface area (Å²) in [6, 6.07) is 1.61. The number of benzene rings is 1. The minimum absolute atomic E-state index is 0.0783. The second-order valence-corrected chi connectivity index (χ2v) is 6.08. The van der Waals surface area contributed by atoms with Gasteiger partial charge in [0.25, 0.3) is 0 Å². The molecule has 1 atom stereocenters. The van der Waals surface area contributed by atoms with Crippen molar-refractivity contribution in [2.75, 3.05) is 20.3 Å². The predicted octanol–water partition coefficient (Wildman–Crippen LogP) is 0.118. The smallest absolute Gasteiger partial charge is 0.335 e. The molecular formula is C12H16FNO6S. The number of carboxylic acid groups (broad SMARTS) is 1. The number of sulfonamides is 1. The van der Waals surface area contributed by atoms with Crippen LogP contribution in [0.25, 0.3) is 0 Å². The van der Waals surface area contributed by atoms with Crippen molar-refractivity contribution in [2.24, 2.45) is 0 Å². The van der Waals surface area contributed by atoms with Crippen molar-refractivity contribution in [1.82, 2.24) is 4.72 Å². The maximum absolute atomic E-state index is 13.6. The molecule has 1 aromatic rings. The van der Waals surface area contributed by atoms with Crippen molar-refractivity contribution in [3.63, 3.8) is 0 Å². The van der Waals surface area contributed by atoms with Crippen LogP contribution in [-0.2, 0) is 14.8 Å². The maximum Gasteiger partial charge on any atom is 0.335 e. The zero-order valence-corrected chi connectivity index (χ0v) is 12.3. The number of aromatic carboxylic acids is 1. The van der Waals surface area contributed by atoms with Crippen LogP contribution in [0.5, 0.6) is 0 Å². The van der Waals surface area contributed by atoms with E-state index in [1.807, 2.05) is 0 Å². The summed E-state index contributed by atoms with van der Waals surface area (Å²) >= 11 is 0. The van der Waals surface area contributed by atoms with Crippen LogP contribution < -0.4 is 4.72 Å².